The summed E-state index contributed by atoms with van der Waals surface area (Å²) in [7, 11) is 0. The Morgan fingerprint density at radius 1 is 1.07 bits per heavy atom. The number of pyridine rings is 1. The Bertz CT molecular complexity index is 1310. The number of likely N-dealkylation sites (tertiary alicyclic amines) is 1. The number of halogens is 1. The number of aromatic nitrogens is 1. The minimum Gasteiger partial charge on any atom is -0.387 e. The number of carbonyl (C=O) groups is 2. The van der Waals surface area contributed by atoms with E-state index in [-0.39, 0.29) is 35.0 Å². The number of carbonyl (C=O) groups excluding carboxylic acids is 2. The third-order valence-corrected chi connectivity index (χ3v) is 9.34. The second kappa shape index (κ2) is 11.4. The molecule has 5 rings (SSSR count). The second-order valence-electron chi connectivity index (χ2n) is 12.4. The smallest absolute Gasteiger partial charge is 0.256 e. The number of hydrogen-bond acceptors (Lipinski definition) is 5. The molecule has 0 bridgehead atoms. The lowest BCUT2D eigenvalue weighted by Crippen LogP contribution is -2.60. The summed E-state index contributed by atoms with van der Waals surface area (Å²) in [4.78, 5) is 43.5. The molecule has 9 heteroatoms. The van der Waals surface area contributed by atoms with Crippen molar-refractivity contribution in [3.8, 4) is 11.1 Å². The summed E-state index contributed by atoms with van der Waals surface area (Å²) in [6.45, 7) is 6.96. The minimum absolute atomic E-state index is 0.0255. The zero-order valence-corrected chi connectivity index (χ0v) is 23.6. The molecule has 1 aliphatic carbocycles. The lowest BCUT2D eigenvalue weighted by Gasteiger charge is -2.50. The number of benzene rings is 1. The van der Waals surface area contributed by atoms with Crippen LogP contribution in [0, 0.1) is 17.2 Å². The molecule has 3 heterocycles. The lowest BCUT2D eigenvalue weighted by atomic mass is 9.69. The van der Waals surface area contributed by atoms with E-state index in [2.05, 4.69) is 5.32 Å². The third-order valence-electron chi connectivity index (χ3n) is 9.34. The third kappa shape index (κ3) is 5.72. The first-order chi connectivity index (χ1) is 19.1. The van der Waals surface area contributed by atoms with Crippen molar-refractivity contribution in [1.29, 1.82) is 0 Å². The molecule has 8 nitrogen and oxygen atoms in total. The highest BCUT2D eigenvalue weighted by Crippen LogP contribution is 2.40. The Kier molecular flexibility index (Phi) is 8.15. The van der Waals surface area contributed by atoms with Gasteiger partial charge >= 0.3 is 0 Å². The molecular weight excluding hydrogens is 511 g/mol. The van der Waals surface area contributed by atoms with E-state index in [1.807, 2.05) is 18.7 Å². The first-order valence-corrected chi connectivity index (χ1v) is 14.6. The number of rotatable bonds is 7. The predicted molar refractivity (Wildman–Crippen MR) is 151 cm³/mol. The quantitative estimate of drug-likeness (QED) is 0.550. The van der Waals surface area contributed by atoms with Crippen LogP contribution in [-0.2, 0) is 11.3 Å². The zero-order chi connectivity index (χ0) is 28.5. The van der Waals surface area contributed by atoms with Gasteiger partial charge in [-0.25, -0.2) is 4.39 Å². The van der Waals surface area contributed by atoms with Crippen LogP contribution in [0.25, 0.3) is 11.1 Å². The SMILES string of the molecule is CC1(C)CN(C(=O)CCC2CCC2)CCC1(O)Cn1cc(C(=O)N2CCNCC2)c(-c2ccccc2F)cc1=O. The van der Waals surface area contributed by atoms with Gasteiger partial charge in [-0.15, -0.1) is 0 Å². The van der Waals surface area contributed by atoms with E-state index in [1.54, 1.807) is 23.1 Å². The van der Waals surface area contributed by atoms with Gasteiger partial charge in [0.05, 0.1) is 17.7 Å². The highest BCUT2D eigenvalue weighted by Gasteiger charge is 2.49. The largest absolute Gasteiger partial charge is 0.387 e. The van der Waals surface area contributed by atoms with Crippen molar-refractivity contribution >= 4 is 11.8 Å². The molecule has 0 radical (unpaired) electrons. The van der Waals surface area contributed by atoms with Gasteiger partial charge in [-0.05, 0) is 24.8 Å². The van der Waals surface area contributed by atoms with Gasteiger partial charge in [-0.2, -0.15) is 0 Å². The molecule has 2 saturated heterocycles. The van der Waals surface area contributed by atoms with E-state index in [1.165, 1.54) is 42.2 Å². The van der Waals surface area contributed by atoms with Crippen molar-refractivity contribution in [3.63, 3.8) is 0 Å². The summed E-state index contributed by atoms with van der Waals surface area (Å²) in [5.74, 6) is 0.00286. The maximum Gasteiger partial charge on any atom is 0.256 e. The minimum atomic E-state index is -1.28. The summed E-state index contributed by atoms with van der Waals surface area (Å²) in [5.41, 5.74) is -1.71. The molecule has 2 N–H and O–H groups in total. The van der Waals surface area contributed by atoms with Crippen LogP contribution >= 0.6 is 0 Å². The van der Waals surface area contributed by atoms with E-state index in [9.17, 15) is 23.9 Å². The van der Waals surface area contributed by atoms with Crippen molar-refractivity contribution in [2.45, 2.75) is 64.5 Å². The van der Waals surface area contributed by atoms with Crippen molar-refractivity contribution in [1.82, 2.24) is 19.7 Å². The van der Waals surface area contributed by atoms with E-state index in [0.29, 0.717) is 58.0 Å². The van der Waals surface area contributed by atoms with Crippen molar-refractivity contribution in [3.05, 3.63) is 58.3 Å². The summed E-state index contributed by atoms with van der Waals surface area (Å²) in [5, 5.41) is 15.1. The fourth-order valence-electron chi connectivity index (χ4n) is 6.22. The average Bonchev–Trinajstić information content (AvgIpc) is 2.91. The topological polar surface area (TPSA) is 94.9 Å². The highest BCUT2D eigenvalue weighted by atomic mass is 19.1. The Balaban J connectivity index is 1.41. The molecule has 2 aliphatic heterocycles. The summed E-state index contributed by atoms with van der Waals surface area (Å²) >= 11 is 0. The van der Waals surface area contributed by atoms with Crippen LogP contribution in [0.15, 0.2) is 41.3 Å². The summed E-state index contributed by atoms with van der Waals surface area (Å²) in [6.07, 6.45) is 6.94. The van der Waals surface area contributed by atoms with Crippen molar-refractivity contribution in [2.24, 2.45) is 11.3 Å². The molecule has 40 heavy (non-hydrogen) atoms. The number of piperazine rings is 1. The molecular formula is C31H41FN4O4. The second-order valence-corrected chi connectivity index (χ2v) is 12.4. The number of aliphatic hydroxyl groups is 1. The van der Waals surface area contributed by atoms with Crippen LogP contribution in [0.5, 0.6) is 0 Å². The van der Waals surface area contributed by atoms with Crippen molar-refractivity contribution in [2.75, 3.05) is 39.3 Å². The van der Waals surface area contributed by atoms with Gasteiger partial charge in [-0.1, -0.05) is 51.3 Å². The van der Waals surface area contributed by atoms with Gasteiger partial charge in [0.15, 0.2) is 0 Å². The van der Waals surface area contributed by atoms with Gasteiger partial charge in [0.25, 0.3) is 11.5 Å². The van der Waals surface area contributed by atoms with Gasteiger partial charge < -0.3 is 24.8 Å². The first-order valence-electron chi connectivity index (χ1n) is 14.6. The molecule has 1 saturated carbocycles. The molecule has 1 aromatic heterocycles. The maximum absolute atomic E-state index is 14.8. The lowest BCUT2D eigenvalue weighted by molar-refractivity contribution is -0.154. The standard InChI is InChI=1S/C31H41FN4O4/c1-30(2)20-35(27(37)11-10-22-6-5-7-22)15-12-31(30,40)21-36-19-25(29(39)34-16-13-33-14-17-34)24(18-28(36)38)23-8-3-4-9-26(23)32/h3-4,8-9,18-19,22,33,40H,5-7,10-17,20-21H2,1-2H3. The van der Waals surface area contributed by atoms with Crippen LogP contribution in [0.3, 0.4) is 0 Å². The first kappa shape index (κ1) is 28.5. The fraction of sp³-hybridized carbons (Fsp3) is 0.581. The van der Waals surface area contributed by atoms with Crippen LogP contribution < -0.4 is 10.9 Å². The van der Waals surface area contributed by atoms with E-state index in [0.717, 1.165) is 6.42 Å². The summed E-state index contributed by atoms with van der Waals surface area (Å²) in [6, 6.07) is 7.43. The van der Waals surface area contributed by atoms with E-state index < -0.39 is 22.4 Å². The van der Waals surface area contributed by atoms with E-state index in [4.69, 9.17) is 0 Å². The number of nitrogens with one attached hydrogen (secondary N) is 1. The Morgan fingerprint density at radius 3 is 2.45 bits per heavy atom. The molecule has 2 amide bonds. The Labute approximate surface area is 235 Å². The number of amides is 2. The Morgan fingerprint density at radius 2 is 1.80 bits per heavy atom. The highest BCUT2D eigenvalue weighted by molar-refractivity contribution is 6.00. The van der Waals surface area contributed by atoms with Crippen LogP contribution in [0.1, 0.15) is 62.7 Å². The maximum atomic E-state index is 14.8. The van der Waals surface area contributed by atoms with Gasteiger partial charge in [0, 0.05) is 74.5 Å². The van der Waals surface area contributed by atoms with Crippen molar-refractivity contribution < 1.29 is 19.1 Å². The average molecular weight is 553 g/mol. The monoisotopic (exact) mass is 552 g/mol. The van der Waals surface area contributed by atoms with Crippen LogP contribution in [0.2, 0.25) is 0 Å². The normalized spacial score (nSPS) is 23.1. The molecule has 1 atom stereocenters. The zero-order valence-electron chi connectivity index (χ0n) is 23.6. The molecule has 1 aromatic carbocycles. The molecule has 3 fully saturated rings. The number of hydrogen-bond donors (Lipinski definition) is 2. The van der Waals surface area contributed by atoms with Crippen LogP contribution in [0.4, 0.5) is 4.39 Å². The molecule has 3 aliphatic rings. The van der Waals surface area contributed by atoms with Gasteiger partial charge in [0.1, 0.15) is 5.82 Å². The van der Waals surface area contributed by atoms with E-state index >= 15 is 0 Å². The van der Waals surface area contributed by atoms with Crippen LogP contribution in [-0.4, -0.2) is 76.2 Å². The predicted octanol–water partition coefficient (Wildman–Crippen LogP) is 3.27. The fourth-order valence-corrected chi connectivity index (χ4v) is 6.22. The number of piperidine rings is 1. The Hall–Kier alpha value is -3.04. The molecule has 216 valence electrons. The van der Waals surface area contributed by atoms with Gasteiger partial charge in [0.2, 0.25) is 5.91 Å². The molecule has 2 aromatic rings. The summed E-state index contributed by atoms with van der Waals surface area (Å²) < 4.78 is 16.2. The molecule has 0 spiro atoms. The number of nitrogens with zero attached hydrogens (tertiary/aromatic N) is 3. The van der Waals surface area contributed by atoms with Gasteiger partial charge in [-0.3, -0.25) is 14.4 Å². The molecule has 1 unspecified atom stereocenters.